The first-order chi connectivity index (χ1) is 6.95. The van der Waals surface area contributed by atoms with Gasteiger partial charge in [-0.1, -0.05) is 0 Å². The van der Waals surface area contributed by atoms with Crippen LogP contribution in [-0.2, 0) is 9.47 Å². The first kappa shape index (κ1) is 10.4. The summed E-state index contributed by atoms with van der Waals surface area (Å²) >= 11 is 0. The molecule has 0 radical (unpaired) electrons. The molecule has 0 bridgehead atoms. The van der Waals surface area contributed by atoms with Crippen LogP contribution < -0.4 is 5.32 Å². The Kier molecular flexibility index (Phi) is 4.19. The molecule has 1 N–H and O–H groups in total. The minimum absolute atomic E-state index is 0.516. The van der Waals surface area contributed by atoms with Gasteiger partial charge in [-0.2, -0.15) is 0 Å². The maximum absolute atomic E-state index is 5.43. The van der Waals surface area contributed by atoms with Gasteiger partial charge in [0.1, 0.15) is 0 Å². The fourth-order valence-corrected chi connectivity index (χ4v) is 2.03. The van der Waals surface area contributed by atoms with Crippen LogP contribution in [0.4, 0.5) is 0 Å². The van der Waals surface area contributed by atoms with Crippen molar-refractivity contribution in [1.29, 1.82) is 0 Å². The smallest absolute Gasteiger partial charge is 0.0632 e. The fraction of sp³-hybridized carbons (Fsp3) is 1.00. The highest BCUT2D eigenvalue weighted by atomic mass is 16.5. The quantitative estimate of drug-likeness (QED) is 0.663. The Bertz CT molecular complexity index is 152. The second-order valence-electron chi connectivity index (χ2n) is 3.99. The molecule has 2 saturated heterocycles. The highest BCUT2D eigenvalue weighted by Gasteiger charge is 2.17. The molecule has 0 amide bonds. The van der Waals surface area contributed by atoms with Crippen molar-refractivity contribution in [1.82, 2.24) is 10.2 Å². The van der Waals surface area contributed by atoms with Gasteiger partial charge in [-0.15, -0.1) is 0 Å². The maximum atomic E-state index is 5.43. The van der Waals surface area contributed by atoms with Crippen molar-refractivity contribution in [2.24, 2.45) is 0 Å². The molecule has 14 heavy (non-hydrogen) atoms. The zero-order valence-corrected chi connectivity index (χ0v) is 8.71. The second kappa shape index (κ2) is 5.66. The molecule has 0 saturated carbocycles. The Hall–Kier alpha value is -0.160. The lowest BCUT2D eigenvalue weighted by molar-refractivity contribution is 0.0608. The molecule has 0 aromatic rings. The summed E-state index contributed by atoms with van der Waals surface area (Å²) < 4.78 is 10.9. The molecule has 2 aliphatic rings. The zero-order chi connectivity index (χ0) is 9.64. The van der Waals surface area contributed by atoms with Gasteiger partial charge in [0.25, 0.3) is 0 Å². The Balaban J connectivity index is 1.71. The van der Waals surface area contributed by atoms with E-state index in [0.717, 1.165) is 59.0 Å². The van der Waals surface area contributed by atoms with Crippen LogP contribution in [-0.4, -0.2) is 63.5 Å². The molecule has 4 nitrogen and oxygen atoms in total. The van der Waals surface area contributed by atoms with Crippen LogP contribution in [0.1, 0.15) is 6.42 Å². The number of nitrogens with zero attached hydrogens (tertiary/aromatic N) is 1. The van der Waals surface area contributed by atoms with Crippen LogP contribution in [0.5, 0.6) is 0 Å². The van der Waals surface area contributed by atoms with Gasteiger partial charge in [0.05, 0.1) is 19.8 Å². The van der Waals surface area contributed by atoms with Gasteiger partial charge in [0.15, 0.2) is 0 Å². The Morgan fingerprint density at radius 2 is 2.14 bits per heavy atom. The molecule has 2 fully saturated rings. The van der Waals surface area contributed by atoms with E-state index in [1.165, 1.54) is 0 Å². The molecular formula is C10H20N2O2. The molecule has 1 unspecified atom stereocenters. The second-order valence-corrected chi connectivity index (χ2v) is 3.99. The van der Waals surface area contributed by atoms with E-state index in [1.807, 2.05) is 0 Å². The van der Waals surface area contributed by atoms with Gasteiger partial charge in [-0.25, -0.2) is 0 Å². The number of hydrogen-bond acceptors (Lipinski definition) is 4. The van der Waals surface area contributed by atoms with E-state index >= 15 is 0 Å². The van der Waals surface area contributed by atoms with Gasteiger partial charge >= 0.3 is 0 Å². The summed E-state index contributed by atoms with van der Waals surface area (Å²) in [5, 5.41) is 3.48. The normalized spacial score (nSPS) is 31.3. The van der Waals surface area contributed by atoms with E-state index in [1.54, 1.807) is 0 Å². The monoisotopic (exact) mass is 200 g/mol. The Labute approximate surface area is 85.5 Å². The predicted molar refractivity (Wildman–Crippen MR) is 54.5 cm³/mol. The third-order valence-corrected chi connectivity index (χ3v) is 2.79. The van der Waals surface area contributed by atoms with Crippen LogP contribution in [0.3, 0.4) is 0 Å². The van der Waals surface area contributed by atoms with Gasteiger partial charge in [-0.05, 0) is 6.42 Å². The Morgan fingerprint density at radius 1 is 1.14 bits per heavy atom. The summed E-state index contributed by atoms with van der Waals surface area (Å²) in [6.07, 6.45) is 1.16. The van der Waals surface area contributed by atoms with Gasteiger partial charge in [0.2, 0.25) is 0 Å². The molecular weight excluding hydrogens is 180 g/mol. The van der Waals surface area contributed by atoms with Gasteiger partial charge in [-0.3, -0.25) is 4.90 Å². The number of hydrogen-bond donors (Lipinski definition) is 1. The minimum atomic E-state index is 0.516. The van der Waals surface area contributed by atoms with Crippen molar-refractivity contribution in [2.75, 3.05) is 52.6 Å². The van der Waals surface area contributed by atoms with E-state index < -0.39 is 0 Å². The molecule has 1 atom stereocenters. The summed E-state index contributed by atoms with van der Waals surface area (Å²) in [5.41, 5.74) is 0. The van der Waals surface area contributed by atoms with Crippen LogP contribution in [0.15, 0.2) is 0 Å². The van der Waals surface area contributed by atoms with Crippen molar-refractivity contribution in [3.05, 3.63) is 0 Å². The topological polar surface area (TPSA) is 33.7 Å². The average molecular weight is 200 g/mol. The van der Waals surface area contributed by atoms with E-state index in [2.05, 4.69) is 10.2 Å². The SMILES string of the molecule is C1COCCN(CC2COCCN2)C1. The Morgan fingerprint density at radius 3 is 3.00 bits per heavy atom. The molecule has 2 heterocycles. The molecule has 82 valence electrons. The van der Waals surface area contributed by atoms with Crippen LogP contribution in [0.25, 0.3) is 0 Å². The summed E-state index contributed by atoms with van der Waals surface area (Å²) in [5.74, 6) is 0. The van der Waals surface area contributed by atoms with E-state index in [-0.39, 0.29) is 0 Å². The summed E-state index contributed by atoms with van der Waals surface area (Å²) in [6.45, 7) is 7.85. The number of morpholine rings is 1. The van der Waals surface area contributed by atoms with Crippen molar-refractivity contribution in [3.63, 3.8) is 0 Å². The van der Waals surface area contributed by atoms with Gasteiger partial charge < -0.3 is 14.8 Å². The molecule has 0 aliphatic carbocycles. The lowest BCUT2D eigenvalue weighted by Crippen LogP contribution is -2.48. The van der Waals surface area contributed by atoms with E-state index in [4.69, 9.17) is 9.47 Å². The van der Waals surface area contributed by atoms with Crippen molar-refractivity contribution >= 4 is 0 Å². The largest absolute Gasteiger partial charge is 0.380 e. The first-order valence-electron chi connectivity index (χ1n) is 5.56. The zero-order valence-electron chi connectivity index (χ0n) is 8.71. The van der Waals surface area contributed by atoms with Crippen molar-refractivity contribution in [2.45, 2.75) is 12.5 Å². The predicted octanol–water partition coefficient (Wildman–Crippen LogP) is -0.303. The molecule has 0 aromatic heterocycles. The first-order valence-corrected chi connectivity index (χ1v) is 5.56. The number of ether oxygens (including phenoxy) is 2. The molecule has 2 aliphatic heterocycles. The van der Waals surface area contributed by atoms with Crippen molar-refractivity contribution in [3.8, 4) is 0 Å². The van der Waals surface area contributed by atoms with Gasteiger partial charge in [0, 0.05) is 38.8 Å². The van der Waals surface area contributed by atoms with Crippen LogP contribution >= 0.6 is 0 Å². The maximum Gasteiger partial charge on any atom is 0.0632 e. The lowest BCUT2D eigenvalue weighted by atomic mass is 10.2. The number of nitrogens with one attached hydrogen (secondary N) is 1. The molecule has 0 aromatic carbocycles. The highest BCUT2D eigenvalue weighted by Crippen LogP contribution is 2.02. The standard InChI is InChI=1S/C10H20N2O2/c1-3-12(4-7-13-5-1)8-10-9-14-6-2-11-10/h10-11H,1-9H2. The minimum Gasteiger partial charge on any atom is -0.380 e. The van der Waals surface area contributed by atoms with E-state index in [9.17, 15) is 0 Å². The van der Waals surface area contributed by atoms with Crippen LogP contribution in [0.2, 0.25) is 0 Å². The molecule has 2 rings (SSSR count). The molecule has 0 spiro atoms. The highest BCUT2D eigenvalue weighted by molar-refractivity contribution is 4.75. The number of rotatable bonds is 2. The summed E-state index contributed by atoms with van der Waals surface area (Å²) in [4.78, 5) is 2.47. The van der Waals surface area contributed by atoms with Crippen LogP contribution in [0, 0.1) is 0 Å². The lowest BCUT2D eigenvalue weighted by Gasteiger charge is -2.29. The third-order valence-electron chi connectivity index (χ3n) is 2.79. The summed E-state index contributed by atoms with van der Waals surface area (Å²) in [7, 11) is 0. The molecule has 4 heteroatoms. The third kappa shape index (κ3) is 3.20. The van der Waals surface area contributed by atoms with E-state index in [0.29, 0.717) is 6.04 Å². The fourth-order valence-electron chi connectivity index (χ4n) is 2.03. The summed E-state index contributed by atoms with van der Waals surface area (Å²) in [6, 6.07) is 0.516. The average Bonchev–Trinajstić information content (AvgIpc) is 2.48. The van der Waals surface area contributed by atoms with Crippen molar-refractivity contribution < 1.29 is 9.47 Å².